The molecule has 0 aliphatic carbocycles. The summed E-state index contributed by atoms with van der Waals surface area (Å²) >= 11 is 0. The van der Waals surface area contributed by atoms with Gasteiger partial charge in [0.05, 0.1) is 12.0 Å². The standard InChI is InChI=1S/C22H28N4O2Si/c1-21(2,3)16-22(4,19-15-20(27)26(19)25-24-23)28-29(17-11-7-5-8-12-17)18-13-9-6-10-14-18/h5-14,19,29H,15-16H2,1-4H3. The smallest absolute Gasteiger partial charge is 0.317 e. The summed E-state index contributed by atoms with van der Waals surface area (Å²) in [6, 6.07) is 20.3. The molecule has 2 aromatic carbocycles. The van der Waals surface area contributed by atoms with Crippen LogP contribution in [0.4, 0.5) is 0 Å². The van der Waals surface area contributed by atoms with Crippen molar-refractivity contribution in [3.05, 3.63) is 71.1 Å². The van der Waals surface area contributed by atoms with Crippen molar-refractivity contribution >= 4 is 25.3 Å². The van der Waals surface area contributed by atoms with E-state index in [0.29, 0.717) is 6.42 Å². The third-order valence-electron chi connectivity index (χ3n) is 5.23. The Morgan fingerprint density at radius 1 is 1.07 bits per heavy atom. The van der Waals surface area contributed by atoms with E-state index in [-0.39, 0.29) is 17.4 Å². The molecule has 1 aliphatic rings. The molecule has 1 fully saturated rings. The molecule has 0 spiro atoms. The van der Waals surface area contributed by atoms with E-state index in [1.165, 1.54) is 15.4 Å². The highest BCUT2D eigenvalue weighted by Gasteiger charge is 2.55. The number of nitrogens with zero attached hydrogens (tertiary/aromatic N) is 4. The second-order valence-electron chi connectivity index (χ2n) is 9.01. The SMILES string of the molecule is CC(C)(C)CC(C)(O[SiH](c1ccccc1)c1ccccc1)C1CC(=O)N1N=[N+]=[N-]. The van der Waals surface area contributed by atoms with Crippen molar-refractivity contribution in [3.8, 4) is 0 Å². The van der Waals surface area contributed by atoms with Gasteiger partial charge in [-0.05, 0) is 34.4 Å². The topological polar surface area (TPSA) is 78.3 Å². The number of β-lactam (4-membered cyclic amide) rings is 1. The fourth-order valence-corrected chi connectivity index (χ4v) is 6.76. The Labute approximate surface area is 173 Å². The van der Waals surface area contributed by atoms with Crippen LogP contribution in [0.3, 0.4) is 0 Å². The first-order chi connectivity index (χ1) is 13.7. The maximum Gasteiger partial charge on any atom is 0.317 e. The van der Waals surface area contributed by atoms with E-state index in [1.807, 2.05) is 36.4 Å². The Bertz CT molecular complexity index is 853. The predicted octanol–water partition coefficient (Wildman–Crippen LogP) is 3.56. The van der Waals surface area contributed by atoms with Crippen LogP contribution >= 0.6 is 0 Å². The molecule has 7 heteroatoms. The van der Waals surface area contributed by atoms with Crippen molar-refractivity contribution in [1.82, 2.24) is 5.01 Å². The van der Waals surface area contributed by atoms with Crippen molar-refractivity contribution in [2.24, 2.45) is 10.6 Å². The first-order valence-electron chi connectivity index (χ1n) is 9.88. The molecule has 1 heterocycles. The van der Waals surface area contributed by atoms with Gasteiger partial charge in [0.1, 0.15) is 6.04 Å². The lowest BCUT2D eigenvalue weighted by Crippen LogP contribution is -2.65. The molecule has 2 aromatic rings. The van der Waals surface area contributed by atoms with E-state index in [1.54, 1.807) is 0 Å². The van der Waals surface area contributed by atoms with Gasteiger partial charge in [-0.2, -0.15) is 9.92 Å². The van der Waals surface area contributed by atoms with E-state index < -0.39 is 14.6 Å². The normalized spacial score (nSPS) is 18.7. The van der Waals surface area contributed by atoms with Gasteiger partial charge in [0.2, 0.25) is 9.04 Å². The van der Waals surface area contributed by atoms with Crippen LogP contribution in [0.1, 0.15) is 40.5 Å². The second kappa shape index (κ2) is 8.41. The molecule has 29 heavy (non-hydrogen) atoms. The number of carbonyl (C=O) groups excluding carboxylic acids is 1. The summed E-state index contributed by atoms with van der Waals surface area (Å²) < 4.78 is 6.98. The molecule has 0 aromatic heterocycles. The zero-order chi connectivity index (χ0) is 21.1. The molecule has 1 amide bonds. The molecular formula is C22H28N4O2Si. The Hall–Kier alpha value is -2.60. The van der Waals surface area contributed by atoms with Gasteiger partial charge in [-0.3, -0.25) is 0 Å². The Kier molecular flexibility index (Phi) is 6.12. The fourth-order valence-electron chi connectivity index (χ4n) is 4.18. The number of hydrogen-bond donors (Lipinski definition) is 0. The van der Waals surface area contributed by atoms with Crippen molar-refractivity contribution < 1.29 is 9.22 Å². The molecule has 1 saturated heterocycles. The monoisotopic (exact) mass is 408 g/mol. The van der Waals surface area contributed by atoms with Crippen molar-refractivity contribution in [2.45, 2.75) is 52.2 Å². The van der Waals surface area contributed by atoms with Gasteiger partial charge in [0, 0.05) is 0 Å². The molecule has 3 rings (SSSR count). The van der Waals surface area contributed by atoms with E-state index in [4.69, 9.17) is 9.96 Å². The Morgan fingerprint density at radius 2 is 1.59 bits per heavy atom. The minimum Gasteiger partial charge on any atom is -0.401 e. The summed E-state index contributed by atoms with van der Waals surface area (Å²) in [6.45, 7) is 8.54. The number of hydrogen-bond acceptors (Lipinski definition) is 3. The van der Waals surface area contributed by atoms with Gasteiger partial charge in [0.25, 0.3) is 0 Å². The molecule has 2 unspecified atom stereocenters. The fraction of sp³-hybridized carbons (Fsp3) is 0.409. The average Bonchev–Trinajstić information content (AvgIpc) is 2.68. The Balaban J connectivity index is 2.02. The maximum atomic E-state index is 12.1. The lowest BCUT2D eigenvalue weighted by molar-refractivity contribution is -0.161. The van der Waals surface area contributed by atoms with Crippen LogP contribution < -0.4 is 10.4 Å². The summed E-state index contributed by atoms with van der Waals surface area (Å²) in [6.07, 6.45) is 1.06. The molecule has 0 bridgehead atoms. The van der Waals surface area contributed by atoms with Crippen molar-refractivity contribution in [1.29, 1.82) is 0 Å². The summed E-state index contributed by atoms with van der Waals surface area (Å²) in [7, 11) is -2.04. The lowest BCUT2D eigenvalue weighted by Gasteiger charge is -2.47. The van der Waals surface area contributed by atoms with E-state index in [0.717, 1.165) is 6.42 Å². The first-order valence-corrected chi connectivity index (χ1v) is 11.5. The molecule has 152 valence electrons. The molecule has 0 saturated carbocycles. The van der Waals surface area contributed by atoms with Gasteiger partial charge >= 0.3 is 5.91 Å². The van der Waals surface area contributed by atoms with Crippen molar-refractivity contribution in [3.63, 3.8) is 0 Å². The third-order valence-corrected chi connectivity index (χ3v) is 7.99. The molecule has 2 atom stereocenters. The molecule has 6 nitrogen and oxygen atoms in total. The molecule has 0 radical (unpaired) electrons. The summed E-state index contributed by atoms with van der Waals surface area (Å²) in [5.41, 5.74) is 8.24. The van der Waals surface area contributed by atoms with E-state index >= 15 is 0 Å². The quantitative estimate of drug-likeness (QED) is 0.231. The predicted molar refractivity (Wildman–Crippen MR) is 117 cm³/mol. The van der Waals surface area contributed by atoms with Crippen LogP contribution in [-0.4, -0.2) is 31.6 Å². The zero-order valence-corrected chi connectivity index (χ0v) is 18.6. The highest BCUT2D eigenvalue weighted by Crippen LogP contribution is 2.40. The molecule has 1 aliphatic heterocycles. The van der Waals surface area contributed by atoms with Gasteiger partial charge in [-0.15, -0.1) is 5.53 Å². The summed E-state index contributed by atoms with van der Waals surface area (Å²) in [5, 5.41) is 7.26. The minimum atomic E-state index is -2.04. The number of rotatable bonds is 7. The largest absolute Gasteiger partial charge is 0.401 e. The first kappa shape index (κ1) is 21.1. The zero-order valence-electron chi connectivity index (χ0n) is 17.4. The highest BCUT2D eigenvalue weighted by atomic mass is 28.3. The van der Waals surface area contributed by atoms with Crippen LogP contribution in [0.2, 0.25) is 0 Å². The number of amides is 1. The molecule has 0 N–H and O–H groups in total. The summed E-state index contributed by atoms with van der Waals surface area (Å²) in [4.78, 5) is 14.9. The minimum absolute atomic E-state index is 0.0261. The van der Waals surface area contributed by atoms with Crippen LogP contribution in [0.15, 0.2) is 65.9 Å². The number of carbonyl (C=O) groups is 1. The van der Waals surface area contributed by atoms with E-state index in [2.05, 4.69) is 62.1 Å². The van der Waals surface area contributed by atoms with Gasteiger partial charge in [-0.25, -0.2) is 4.79 Å². The summed E-state index contributed by atoms with van der Waals surface area (Å²) in [5.74, 6) is -0.158. The Morgan fingerprint density at radius 3 is 2.00 bits per heavy atom. The second-order valence-corrected chi connectivity index (χ2v) is 11.3. The van der Waals surface area contributed by atoms with Crippen LogP contribution in [0.25, 0.3) is 10.4 Å². The van der Waals surface area contributed by atoms with Gasteiger partial charge in [0.15, 0.2) is 0 Å². The van der Waals surface area contributed by atoms with Crippen molar-refractivity contribution in [2.75, 3.05) is 0 Å². The van der Waals surface area contributed by atoms with Crippen LogP contribution in [0.5, 0.6) is 0 Å². The van der Waals surface area contributed by atoms with Gasteiger partial charge < -0.3 is 4.43 Å². The maximum absolute atomic E-state index is 12.1. The number of azide groups is 1. The van der Waals surface area contributed by atoms with Gasteiger partial charge in [-0.1, -0.05) is 81.4 Å². The lowest BCUT2D eigenvalue weighted by atomic mass is 9.76. The number of benzene rings is 2. The average molecular weight is 409 g/mol. The third kappa shape index (κ3) is 4.88. The van der Waals surface area contributed by atoms with Crippen LogP contribution in [0, 0.1) is 5.41 Å². The van der Waals surface area contributed by atoms with E-state index in [9.17, 15) is 4.79 Å². The highest BCUT2D eigenvalue weighted by molar-refractivity contribution is 6.80. The van der Waals surface area contributed by atoms with Crippen LogP contribution in [-0.2, 0) is 9.22 Å². The molecular weight excluding hydrogens is 380 g/mol.